The van der Waals surface area contributed by atoms with Gasteiger partial charge in [-0.2, -0.15) is 0 Å². The zero-order chi connectivity index (χ0) is 19.7. The predicted molar refractivity (Wildman–Crippen MR) is 109 cm³/mol. The Labute approximate surface area is 169 Å². The molecule has 2 aliphatic rings. The third kappa shape index (κ3) is 3.65. The van der Waals surface area contributed by atoms with Gasteiger partial charge in [0.25, 0.3) is 5.91 Å². The molecule has 6 heteroatoms. The van der Waals surface area contributed by atoms with Gasteiger partial charge >= 0.3 is 5.97 Å². The van der Waals surface area contributed by atoms with Crippen molar-refractivity contribution in [2.75, 3.05) is 20.2 Å². The van der Waals surface area contributed by atoms with Crippen LogP contribution in [0.2, 0.25) is 0 Å². The average molecular weight is 400 g/mol. The Hall–Kier alpha value is -2.34. The number of nitrogens with zero attached hydrogens (tertiary/aromatic N) is 1. The molecule has 1 aliphatic heterocycles. The van der Waals surface area contributed by atoms with Gasteiger partial charge in [0.2, 0.25) is 0 Å². The number of hydrogen-bond donors (Lipinski definition) is 0. The van der Waals surface area contributed by atoms with E-state index in [0.717, 1.165) is 61.4 Å². The maximum atomic E-state index is 12.7. The number of aryl methyl sites for hydroxylation is 2. The molecule has 148 valence electrons. The van der Waals surface area contributed by atoms with Crippen LogP contribution in [0.3, 0.4) is 0 Å². The number of likely N-dealkylation sites (tertiary alicyclic amines) is 1. The van der Waals surface area contributed by atoms with Crippen molar-refractivity contribution >= 4 is 23.2 Å². The molecule has 0 N–H and O–H groups in total. The molecule has 1 amide bonds. The van der Waals surface area contributed by atoms with E-state index >= 15 is 0 Å². The third-order valence-corrected chi connectivity index (χ3v) is 6.72. The lowest BCUT2D eigenvalue weighted by Gasteiger charge is -2.28. The second-order valence-corrected chi connectivity index (χ2v) is 8.47. The Morgan fingerprint density at radius 3 is 2.57 bits per heavy atom. The van der Waals surface area contributed by atoms with Crippen LogP contribution in [0.25, 0.3) is 10.4 Å². The van der Waals surface area contributed by atoms with Gasteiger partial charge in [0.1, 0.15) is 10.6 Å². The molecular formula is C22H25NO4S. The number of amides is 1. The number of piperidine rings is 1. The number of thiophene rings is 1. The lowest BCUT2D eigenvalue weighted by molar-refractivity contribution is -0.140. The van der Waals surface area contributed by atoms with Crippen molar-refractivity contribution in [2.24, 2.45) is 0 Å². The van der Waals surface area contributed by atoms with Crippen molar-refractivity contribution in [3.05, 3.63) is 40.3 Å². The van der Waals surface area contributed by atoms with E-state index in [1.54, 1.807) is 14.0 Å². The highest BCUT2D eigenvalue weighted by Gasteiger charge is 2.27. The first-order valence-electron chi connectivity index (χ1n) is 9.86. The summed E-state index contributed by atoms with van der Waals surface area (Å²) in [5.74, 6) is 0.350. The fourth-order valence-electron chi connectivity index (χ4n) is 3.98. The summed E-state index contributed by atoms with van der Waals surface area (Å²) in [6.45, 7) is 3.19. The van der Waals surface area contributed by atoms with Crippen LogP contribution in [0.4, 0.5) is 0 Å². The summed E-state index contributed by atoms with van der Waals surface area (Å²) in [5.41, 5.74) is 3.57. The molecule has 0 radical (unpaired) electrons. The molecule has 28 heavy (non-hydrogen) atoms. The van der Waals surface area contributed by atoms with Gasteiger partial charge in [-0.3, -0.25) is 4.79 Å². The minimum absolute atomic E-state index is 0.0909. The fraction of sp³-hybridized carbons (Fsp3) is 0.455. The number of ether oxygens (including phenoxy) is 2. The average Bonchev–Trinajstić information content (AvgIpc) is 3.18. The van der Waals surface area contributed by atoms with Crippen LogP contribution >= 0.6 is 11.3 Å². The summed E-state index contributed by atoms with van der Waals surface area (Å²) >= 11 is 1.45. The maximum absolute atomic E-state index is 12.7. The number of benzene rings is 1. The lowest BCUT2D eigenvalue weighted by atomic mass is 9.91. The maximum Gasteiger partial charge on any atom is 0.349 e. The standard InChI is InChI=1S/C22H25NO4S/c1-14(21(24)23-10-4-3-5-11-23)27-22(25)19-13-16-7-6-15-12-17(26-2)8-9-18(15)20(16)28-19/h8-9,12-14H,3-7,10-11H2,1-2H3/t14-/m1/s1. The highest BCUT2D eigenvalue weighted by molar-refractivity contribution is 7.17. The molecular weight excluding hydrogens is 374 g/mol. The number of carbonyl (C=O) groups is 2. The van der Waals surface area contributed by atoms with Gasteiger partial charge < -0.3 is 14.4 Å². The summed E-state index contributed by atoms with van der Waals surface area (Å²) in [7, 11) is 1.67. The second kappa shape index (κ2) is 7.95. The molecule has 1 atom stereocenters. The number of hydrogen-bond acceptors (Lipinski definition) is 5. The Bertz CT molecular complexity index is 898. The van der Waals surface area contributed by atoms with Crippen LogP contribution < -0.4 is 4.74 Å². The van der Waals surface area contributed by atoms with E-state index in [1.165, 1.54) is 22.5 Å². The molecule has 1 saturated heterocycles. The lowest BCUT2D eigenvalue weighted by Crippen LogP contribution is -2.42. The zero-order valence-corrected chi connectivity index (χ0v) is 17.1. The quantitative estimate of drug-likeness (QED) is 0.727. The van der Waals surface area contributed by atoms with Gasteiger partial charge in [-0.05, 0) is 80.0 Å². The Morgan fingerprint density at radius 1 is 1.07 bits per heavy atom. The van der Waals surface area contributed by atoms with E-state index < -0.39 is 12.1 Å². The normalized spacial score (nSPS) is 16.7. The topological polar surface area (TPSA) is 55.8 Å². The molecule has 1 aromatic carbocycles. The molecule has 0 spiro atoms. The molecule has 2 aromatic rings. The molecule has 1 fully saturated rings. The van der Waals surface area contributed by atoms with Crippen molar-refractivity contribution in [3.63, 3.8) is 0 Å². The van der Waals surface area contributed by atoms with Crippen molar-refractivity contribution in [3.8, 4) is 16.2 Å². The molecule has 0 saturated carbocycles. The Balaban J connectivity index is 1.49. The number of esters is 1. The van der Waals surface area contributed by atoms with E-state index in [-0.39, 0.29) is 5.91 Å². The number of carbonyl (C=O) groups excluding carboxylic acids is 2. The molecule has 4 rings (SSSR count). The van der Waals surface area contributed by atoms with Crippen molar-refractivity contribution in [2.45, 2.75) is 45.1 Å². The largest absolute Gasteiger partial charge is 0.497 e. The highest BCUT2D eigenvalue weighted by atomic mass is 32.1. The summed E-state index contributed by atoms with van der Waals surface area (Å²) < 4.78 is 10.8. The number of fused-ring (bicyclic) bond motifs is 3. The first-order chi connectivity index (χ1) is 13.6. The van der Waals surface area contributed by atoms with Crippen molar-refractivity contribution < 1.29 is 19.1 Å². The zero-order valence-electron chi connectivity index (χ0n) is 16.3. The molecule has 0 bridgehead atoms. The third-order valence-electron chi connectivity index (χ3n) is 5.53. The van der Waals surface area contributed by atoms with Gasteiger partial charge in [-0.1, -0.05) is 0 Å². The SMILES string of the molecule is COc1ccc2c(c1)CCc1cc(C(=O)O[C@H](C)C(=O)N3CCCCC3)sc1-2. The molecule has 1 aromatic heterocycles. The van der Waals surface area contributed by atoms with Gasteiger partial charge in [-0.15, -0.1) is 11.3 Å². The van der Waals surface area contributed by atoms with E-state index in [1.807, 2.05) is 17.0 Å². The summed E-state index contributed by atoms with van der Waals surface area (Å²) in [6.07, 6.45) is 4.27. The highest BCUT2D eigenvalue weighted by Crippen LogP contribution is 2.41. The summed E-state index contributed by atoms with van der Waals surface area (Å²) in [4.78, 5) is 28.7. The molecule has 2 heterocycles. The fourth-order valence-corrected chi connectivity index (χ4v) is 5.13. The van der Waals surface area contributed by atoms with E-state index in [0.29, 0.717) is 4.88 Å². The van der Waals surface area contributed by atoms with Crippen LogP contribution in [-0.4, -0.2) is 43.1 Å². The summed E-state index contributed by atoms with van der Waals surface area (Å²) in [5, 5.41) is 0. The summed E-state index contributed by atoms with van der Waals surface area (Å²) in [6, 6.07) is 7.99. The van der Waals surface area contributed by atoms with Crippen molar-refractivity contribution in [1.29, 1.82) is 0 Å². The van der Waals surface area contributed by atoms with Crippen LogP contribution in [0.15, 0.2) is 24.3 Å². The Morgan fingerprint density at radius 2 is 1.82 bits per heavy atom. The second-order valence-electron chi connectivity index (χ2n) is 7.42. The smallest absolute Gasteiger partial charge is 0.349 e. The number of rotatable bonds is 4. The molecule has 5 nitrogen and oxygen atoms in total. The van der Waals surface area contributed by atoms with Gasteiger partial charge in [-0.25, -0.2) is 4.79 Å². The van der Waals surface area contributed by atoms with Crippen LogP contribution in [0.1, 0.15) is 47.0 Å². The van der Waals surface area contributed by atoms with E-state index in [4.69, 9.17) is 9.47 Å². The van der Waals surface area contributed by atoms with Gasteiger partial charge in [0.05, 0.1) is 7.11 Å². The van der Waals surface area contributed by atoms with Crippen LogP contribution in [0.5, 0.6) is 5.75 Å². The minimum Gasteiger partial charge on any atom is -0.497 e. The first kappa shape index (κ1) is 19.0. The van der Waals surface area contributed by atoms with E-state index in [9.17, 15) is 9.59 Å². The minimum atomic E-state index is -0.749. The van der Waals surface area contributed by atoms with Crippen molar-refractivity contribution in [1.82, 2.24) is 4.90 Å². The number of methoxy groups -OCH3 is 1. The van der Waals surface area contributed by atoms with Gasteiger partial charge in [0.15, 0.2) is 6.10 Å². The van der Waals surface area contributed by atoms with Gasteiger partial charge in [0, 0.05) is 18.0 Å². The first-order valence-corrected chi connectivity index (χ1v) is 10.7. The monoisotopic (exact) mass is 399 g/mol. The van der Waals surface area contributed by atoms with Crippen LogP contribution in [-0.2, 0) is 22.4 Å². The van der Waals surface area contributed by atoms with E-state index in [2.05, 4.69) is 12.1 Å². The Kier molecular flexibility index (Phi) is 5.40. The predicted octanol–water partition coefficient (Wildman–Crippen LogP) is 4.08. The van der Waals surface area contributed by atoms with Crippen LogP contribution in [0, 0.1) is 0 Å². The molecule has 0 unspecified atom stereocenters. The molecule has 1 aliphatic carbocycles.